The molecule has 0 bridgehead atoms. The minimum absolute atomic E-state index is 0.0146. The van der Waals surface area contributed by atoms with Crippen LogP contribution in [0.5, 0.6) is 0 Å². The Bertz CT molecular complexity index is 2070. The lowest BCUT2D eigenvalue weighted by Crippen LogP contribution is -2.43. The average Bonchev–Trinajstić information content (AvgIpc) is 3.53. The van der Waals surface area contributed by atoms with Gasteiger partial charge in [0.2, 0.25) is 5.91 Å². The number of carbonyl (C=O) groups is 2. The van der Waals surface area contributed by atoms with Gasteiger partial charge in [0.15, 0.2) is 6.29 Å². The van der Waals surface area contributed by atoms with E-state index in [0.29, 0.717) is 19.4 Å². The summed E-state index contributed by atoms with van der Waals surface area (Å²) in [5.41, 5.74) is 7.56. The molecule has 0 radical (unpaired) electrons. The highest BCUT2D eigenvalue weighted by atomic mass is 16.7. The van der Waals surface area contributed by atoms with E-state index in [-0.39, 0.29) is 49.3 Å². The molecule has 276 valence electrons. The van der Waals surface area contributed by atoms with Crippen molar-refractivity contribution in [2.45, 2.75) is 76.2 Å². The predicted octanol–water partition coefficient (Wildman–Crippen LogP) is 6.24. The van der Waals surface area contributed by atoms with Crippen molar-refractivity contribution in [3.05, 3.63) is 130 Å². The number of hydrogen-bond donors (Lipinski definition) is 4. The van der Waals surface area contributed by atoms with E-state index in [0.717, 1.165) is 76.9 Å². The van der Waals surface area contributed by atoms with Crippen LogP contribution in [0.15, 0.2) is 102 Å². The lowest BCUT2D eigenvalue weighted by molar-refractivity contribution is -0.253. The number of aromatic amines is 1. The van der Waals surface area contributed by atoms with E-state index < -0.39 is 12.3 Å². The molecule has 2 saturated heterocycles. The number of aromatic nitrogens is 2. The van der Waals surface area contributed by atoms with Gasteiger partial charge in [-0.2, -0.15) is 0 Å². The molecule has 53 heavy (non-hydrogen) atoms. The highest BCUT2D eigenvalue weighted by Crippen LogP contribution is 2.39. The molecular formula is C42H46N4O7. The topological polar surface area (TPSA) is 146 Å². The van der Waals surface area contributed by atoms with Crippen LogP contribution in [-0.2, 0) is 32.2 Å². The third-order valence-corrected chi connectivity index (χ3v) is 10.4. The van der Waals surface area contributed by atoms with Crippen molar-refractivity contribution in [2.75, 3.05) is 19.6 Å². The van der Waals surface area contributed by atoms with Gasteiger partial charge in [-0.05, 0) is 65.3 Å². The Morgan fingerprint density at radius 1 is 0.830 bits per heavy atom. The summed E-state index contributed by atoms with van der Waals surface area (Å²) in [6, 6.07) is 32.1. The standard InChI is InChI=1S/C42H46N4O7/c47-27-28-11-13-31(14-12-28)38-24-35(26-45-21-19-34(20-22-45)46-37-8-2-1-7-36(37)44-42(46)51)52-41(53-38)32-17-15-30(16-18-32)33-6-3-5-29(23-33)25-43-39(48)9-4-10-40(49)50/h1-3,5-8,11-18,23,34-35,38,41,47H,4,9-10,19-22,24-27H2,(H,43,48)(H,44,51)(H,49,50). The van der Waals surface area contributed by atoms with Crippen LogP contribution < -0.4 is 11.0 Å². The van der Waals surface area contributed by atoms with Crippen LogP contribution in [0.3, 0.4) is 0 Å². The first kappa shape index (κ1) is 36.3. The fourth-order valence-electron chi connectivity index (χ4n) is 7.50. The Balaban J connectivity index is 1.02. The number of para-hydroxylation sites is 2. The van der Waals surface area contributed by atoms with Gasteiger partial charge in [0.1, 0.15) is 0 Å². The third kappa shape index (κ3) is 8.94. The molecule has 3 atom stereocenters. The summed E-state index contributed by atoms with van der Waals surface area (Å²) in [5, 5.41) is 21.3. The zero-order valence-electron chi connectivity index (χ0n) is 29.7. The quantitative estimate of drug-likeness (QED) is 0.112. The molecule has 2 fully saturated rings. The summed E-state index contributed by atoms with van der Waals surface area (Å²) >= 11 is 0. The zero-order chi connectivity index (χ0) is 36.7. The van der Waals surface area contributed by atoms with Crippen molar-refractivity contribution in [1.82, 2.24) is 19.8 Å². The normalized spacial score (nSPS) is 19.7. The van der Waals surface area contributed by atoms with Gasteiger partial charge in [0, 0.05) is 57.0 Å². The van der Waals surface area contributed by atoms with Crippen LogP contribution in [-0.4, -0.2) is 62.3 Å². The minimum Gasteiger partial charge on any atom is -0.481 e. The number of H-pyrrole nitrogens is 1. The van der Waals surface area contributed by atoms with Gasteiger partial charge in [0.25, 0.3) is 0 Å². The number of benzene rings is 4. The van der Waals surface area contributed by atoms with E-state index in [1.54, 1.807) is 0 Å². The van der Waals surface area contributed by atoms with Crippen LogP contribution in [0.2, 0.25) is 0 Å². The second-order valence-corrected chi connectivity index (χ2v) is 14.0. The van der Waals surface area contributed by atoms with Gasteiger partial charge in [-0.3, -0.25) is 14.2 Å². The molecule has 0 aliphatic carbocycles. The molecule has 3 heterocycles. The first-order chi connectivity index (χ1) is 25.8. The molecule has 11 heteroatoms. The van der Waals surface area contributed by atoms with E-state index in [4.69, 9.17) is 14.6 Å². The number of likely N-dealkylation sites (tertiary alicyclic amines) is 1. The van der Waals surface area contributed by atoms with Crippen molar-refractivity contribution < 1.29 is 29.3 Å². The maximum absolute atomic E-state index is 12.8. The van der Waals surface area contributed by atoms with Gasteiger partial charge in [-0.15, -0.1) is 0 Å². The maximum atomic E-state index is 12.8. The van der Waals surface area contributed by atoms with E-state index in [2.05, 4.69) is 27.3 Å². The number of piperidine rings is 1. The van der Waals surface area contributed by atoms with E-state index in [1.807, 2.05) is 89.5 Å². The van der Waals surface area contributed by atoms with Gasteiger partial charge in [0.05, 0.1) is 29.8 Å². The maximum Gasteiger partial charge on any atom is 0.326 e. The van der Waals surface area contributed by atoms with Crippen molar-refractivity contribution >= 4 is 22.9 Å². The number of nitrogens with one attached hydrogen (secondary N) is 2. The van der Waals surface area contributed by atoms with Gasteiger partial charge in [-0.25, -0.2) is 4.79 Å². The molecule has 1 aromatic heterocycles. The lowest BCUT2D eigenvalue weighted by Gasteiger charge is -2.40. The molecule has 11 nitrogen and oxygen atoms in total. The summed E-state index contributed by atoms with van der Waals surface area (Å²) < 4.78 is 15.2. The van der Waals surface area contributed by atoms with Crippen LogP contribution >= 0.6 is 0 Å². The Morgan fingerprint density at radius 2 is 1.58 bits per heavy atom. The fraction of sp³-hybridized carbons (Fsp3) is 0.357. The first-order valence-electron chi connectivity index (χ1n) is 18.4. The Hall–Kier alpha value is -5.07. The van der Waals surface area contributed by atoms with E-state index in [1.165, 1.54) is 0 Å². The second kappa shape index (κ2) is 16.7. The fourth-order valence-corrected chi connectivity index (χ4v) is 7.50. The summed E-state index contributed by atoms with van der Waals surface area (Å²) in [5.74, 6) is -1.07. The predicted molar refractivity (Wildman–Crippen MR) is 201 cm³/mol. The number of ether oxygens (including phenoxy) is 2. The number of rotatable bonds is 13. The van der Waals surface area contributed by atoms with Gasteiger partial charge < -0.3 is 34.9 Å². The number of carboxylic acid groups (broad SMARTS) is 1. The van der Waals surface area contributed by atoms with Crippen molar-refractivity contribution in [3.63, 3.8) is 0 Å². The molecule has 4 N–H and O–H groups in total. The molecule has 0 saturated carbocycles. The second-order valence-electron chi connectivity index (χ2n) is 14.0. The zero-order valence-corrected chi connectivity index (χ0v) is 29.7. The van der Waals surface area contributed by atoms with Gasteiger partial charge >= 0.3 is 11.7 Å². The van der Waals surface area contributed by atoms with Crippen molar-refractivity contribution in [2.24, 2.45) is 0 Å². The van der Waals surface area contributed by atoms with Gasteiger partial charge in [-0.1, -0.05) is 78.9 Å². The summed E-state index contributed by atoms with van der Waals surface area (Å²) in [7, 11) is 0. The monoisotopic (exact) mass is 718 g/mol. The van der Waals surface area contributed by atoms with E-state index in [9.17, 15) is 19.5 Å². The number of carboxylic acids is 1. The number of carbonyl (C=O) groups excluding carboxylic acids is 1. The first-order valence-corrected chi connectivity index (χ1v) is 18.4. The Kier molecular flexibility index (Phi) is 11.5. The Morgan fingerprint density at radius 3 is 2.34 bits per heavy atom. The van der Waals surface area contributed by atoms with Crippen LogP contribution in [0.4, 0.5) is 0 Å². The highest BCUT2D eigenvalue weighted by molar-refractivity contribution is 5.77. The molecule has 7 rings (SSSR count). The molecule has 0 spiro atoms. The third-order valence-electron chi connectivity index (χ3n) is 10.4. The van der Waals surface area contributed by atoms with Crippen molar-refractivity contribution in [3.8, 4) is 11.1 Å². The number of aliphatic carboxylic acids is 1. The lowest BCUT2D eigenvalue weighted by atomic mass is 9.98. The SMILES string of the molecule is O=C(O)CCCC(=O)NCc1cccc(-c2ccc(C3OC(CN4CCC(n5c(=O)[nH]c6ccccc65)CC4)CC(c4ccc(CO)cc4)O3)cc2)c1. The Labute approximate surface area is 308 Å². The van der Waals surface area contributed by atoms with Crippen LogP contribution in [0.25, 0.3) is 22.2 Å². The molecule has 4 aromatic carbocycles. The smallest absolute Gasteiger partial charge is 0.326 e. The number of aliphatic hydroxyl groups excluding tert-OH is 1. The number of hydrogen-bond acceptors (Lipinski definition) is 7. The van der Waals surface area contributed by atoms with Crippen molar-refractivity contribution in [1.29, 1.82) is 0 Å². The number of imidazole rings is 1. The summed E-state index contributed by atoms with van der Waals surface area (Å²) in [6.07, 6.45) is 2.07. The molecular weight excluding hydrogens is 672 g/mol. The molecule has 2 aliphatic rings. The summed E-state index contributed by atoms with van der Waals surface area (Å²) in [6.45, 7) is 2.82. The number of aliphatic hydroxyl groups is 1. The largest absolute Gasteiger partial charge is 0.481 e. The number of amides is 1. The summed E-state index contributed by atoms with van der Waals surface area (Å²) in [4.78, 5) is 41.2. The van der Waals surface area contributed by atoms with Crippen LogP contribution in [0.1, 0.15) is 79.2 Å². The van der Waals surface area contributed by atoms with E-state index >= 15 is 0 Å². The molecule has 5 aromatic rings. The average molecular weight is 719 g/mol. The molecule has 3 unspecified atom stereocenters. The highest BCUT2D eigenvalue weighted by Gasteiger charge is 2.34. The number of fused-ring (bicyclic) bond motifs is 1. The van der Waals surface area contributed by atoms with Crippen LogP contribution in [0, 0.1) is 0 Å². The number of nitrogens with zero attached hydrogens (tertiary/aromatic N) is 2. The molecule has 2 aliphatic heterocycles. The minimum atomic E-state index is -0.902. The molecule has 1 amide bonds.